The molecule has 0 aromatic carbocycles. The molecule has 2 N–H and O–H groups in total. The number of nitrogens with zero attached hydrogens (tertiary/aromatic N) is 2. The molecule has 2 aliphatic heterocycles. The Hall–Kier alpha value is -0.120. The minimum absolute atomic E-state index is 0.861. The van der Waals surface area contributed by atoms with Crippen LogP contribution in [0.2, 0.25) is 0 Å². The van der Waals surface area contributed by atoms with Crippen molar-refractivity contribution in [3.05, 3.63) is 0 Å². The van der Waals surface area contributed by atoms with Crippen LogP contribution in [0.15, 0.2) is 0 Å². The van der Waals surface area contributed by atoms with Crippen molar-refractivity contribution < 1.29 is 0 Å². The minimum atomic E-state index is 0.861. The fourth-order valence-corrected chi connectivity index (χ4v) is 3.22. The largest absolute Gasteiger partial charge is 0.330 e. The predicted octanol–water partition coefficient (Wildman–Crippen LogP) is 3.48. The van der Waals surface area contributed by atoms with E-state index in [4.69, 9.17) is 5.73 Å². The lowest BCUT2D eigenvalue weighted by atomic mass is 10.1. The molecule has 2 fully saturated rings. The highest BCUT2D eigenvalue weighted by atomic mass is 15.2. The second-order valence-electron chi connectivity index (χ2n) is 6.65. The predicted molar refractivity (Wildman–Crippen MR) is 93.8 cm³/mol. The first kappa shape index (κ1) is 18.9. The minimum Gasteiger partial charge on any atom is -0.330 e. The smallest absolute Gasteiger partial charge is 0.0109 e. The van der Waals surface area contributed by atoms with Crippen LogP contribution in [-0.2, 0) is 0 Å². The zero-order valence-corrected chi connectivity index (χ0v) is 14.5. The number of piperidine rings is 2. The number of rotatable bonds is 7. The molecule has 21 heavy (non-hydrogen) atoms. The van der Waals surface area contributed by atoms with Crippen LogP contribution in [0.4, 0.5) is 0 Å². The third kappa shape index (κ3) is 10.3. The maximum atomic E-state index is 5.27. The molecule has 0 amide bonds. The Bertz CT molecular complexity index is 187. The molecule has 2 aliphatic rings. The fourth-order valence-electron chi connectivity index (χ4n) is 3.22. The van der Waals surface area contributed by atoms with E-state index in [9.17, 15) is 0 Å². The second-order valence-corrected chi connectivity index (χ2v) is 6.65. The average Bonchev–Trinajstić information content (AvgIpc) is 2.56. The van der Waals surface area contributed by atoms with Crippen molar-refractivity contribution in [3.8, 4) is 0 Å². The van der Waals surface area contributed by atoms with Gasteiger partial charge in [0.25, 0.3) is 0 Å². The van der Waals surface area contributed by atoms with Gasteiger partial charge in [-0.3, -0.25) is 0 Å². The summed E-state index contributed by atoms with van der Waals surface area (Å²) in [5, 5.41) is 0. The lowest BCUT2D eigenvalue weighted by Gasteiger charge is -2.31. The summed E-state index contributed by atoms with van der Waals surface area (Å²) in [5.41, 5.74) is 5.27. The topological polar surface area (TPSA) is 32.5 Å². The van der Waals surface area contributed by atoms with E-state index < -0.39 is 0 Å². The van der Waals surface area contributed by atoms with Gasteiger partial charge in [0.15, 0.2) is 0 Å². The van der Waals surface area contributed by atoms with Crippen molar-refractivity contribution in [2.45, 2.75) is 71.1 Å². The van der Waals surface area contributed by atoms with Crippen molar-refractivity contribution in [3.63, 3.8) is 0 Å². The van der Waals surface area contributed by atoms with E-state index in [1.165, 1.54) is 103 Å². The Morgan fingerprint density at radius 1 is 0.667 bits per heavy atom. The molecule has 126 valence electrons. The van der Waals surface area contributed by atoms with Gasteiger partial charge < -0.3 is 15.5 Å². The van der Waals surface area contributed by atoms with Crippen molar-refractivity contribution in [2.75, 3.05) is 45.8 Å². The van der Waals surface area contributed by atoms with E-state index in [1.54, 1.807) is 0 Å². The molecule has 0 aliphatic carbocycles. The molecule has 2 heterocycles. The first-order valence-corrected chi connectivity index (χ1v) is 9.51. The molecule has 0 atom stereocenters. The quantitative estimate of drug-likeness (QED) is 0.730. The van der Waals surface area contributed by atoms with E-state index in [1.807, 2.05) is 0 Å². The standard InChI is InChI=1S/C12H24N2.C6H15N/c1-3-7-13(8-4-1)11-12-14-9-5-2-6-10-14;1-2-3-4-5-6-7/h1-12H2;2-7H2,1H3. The molecule has 3 heteroatoms. The first-order valence-electron chi connectivity index (χ1n) is 9.51. The molecule has 2 rings (SSSR count). The summed E-state index contributed by atoms with van der Waals surface area (Å²) in [6.07, 6.45) is 13.8. The van der Waals surface area contributed by atoms with E-state index >= 15 is 0 Å². The summed E-state index contributed by atoms with van der Waals surface area (Å²) in [7, 11) is 0. The normalized spacial score (nSPS) is 20.9. The van der Waals surface area contributed by atoms with Crippen LogP contribution in [0.25, 0.3) is 0 Å². The summed E-state index contributed by atoms with van der Waals surface area (Å²) in [5.74, 6) is 0. The molecule has 0 unspecified atom stereocenters. The van der Waals surface area contributed by atoms with Crippen molar-refractivity contribution in [2.24, 2.45) is 5.73 Å². The highest BCUT2D eigenvalue weighted by molar-refractivity contribution is 4.69. The number of likely N-dealkylation sites (tertiary alicyclic amines) is 2. The van der Waals surface area contributed by atoms with Crippen LogP contribution in [0, 0.1) is 0 Å². The van der Waals surface area contributed by atoms with Gasteiger partial charge in [0.2, 0.25) is 0 Å². The SMILES string of the molecule is C1CCN(CCN2CCCCC2)CC1.CCCCCCN. The van der Waals surface area contributed by atoms with Gasteiger partial charge in [-0.05, 0) is 64.8 Å². The zero-order valence-electron chi connectivity index (χ0n) is 14.5. The van der Waals surface area contributed by atoms with Crippen LogP contribution < -0.4 is 5.73 Å². The van der Waals surface area contributed by atoms with Crippen molar-refractivity contribution >= 4 is 0 Å². The third-order valence-corrected chi connectivity index (χ3v) is 4.69. The van der Waals surface area contributed by atoms with E-state index in [0.29, 0.717) is 0 Å². The average molecular weight is 298 g/mol. The Labute approximate surface area is 133 Å². The molecule has 0 bridgehead atoms. The van der Waals surface area contributed by atoms with Gasteiger partial charge in [-0.25, -0.2) is 0 Å². The van der Waals surface area contributed by atoms with Gasteiger partial charge in [-0.2, -0.15) is 0 Å². The maximum Gasteiger partial charge on any atom is 0.0109 e. The molecule has 0 radical (unpaired) electrons. The van der Waals surface area contributed by atoms with Crippen LogP contribution in [-0.4, -0.2) is 55.6 Å². The zero-order chi connectivity index (χ0) is 15.2. The monoisotopic (exact) mass is 297 g/mol. The lowest BCUT2D eigenvalue weighted by molar-refractivity contribution is 0.166. The van der Waals surface area contributed by atoms with Gasteiger partial charge in [0.05, 0.1) is 0 Å². The Morgan fingerprint density at radius 2 is 1.14 bits per heavy atom. The van der Waals surface area contributed by atoms with Gasteiger partial charge in [-0.15, -0.1) is 0 Å². The highest BCUT2D eigenvalue weighted by Crippen LogP contribution is 2.11. The molecular formula is C18H39N3. The van der Waals surface area contributed by atoms with Gasteiger partial charge in [0, 0.05) is 13.1 Å². The maximum absolute atomic E-state index is 5.27. The van der Waals surface area contributed by atoms with E-state index in [2.05, 4.69) is 16.7 Å². The number of hydrogen-bond donors (Lipinski definition) is 1. The molecule has 0 saturated carbocycles. The molecule has 0 aromatic rings. The van der Waals surface area contributed by atoms with Crippen LogP contribution in [0.5, 0.6) is 0 Å². The van der Waals surface area contributed by atoms with Crippen molar-refractivity contribution in [1.82, 2.24) is 9.80 Å². The van der Waals surface area contributed by atoms with Gasteiger partial charge in [-0.1, -0.05) is 39.0 Å². The van der Waals surface area contributed by atoms with Gasteiger partial charge >= 0.3 is 0 Å². The number of hydrogen-bond acceptors (Lipinski definition) is 3. The Balaban J connectivity index is 0.000000270. The summed E-state index contributed by atoms with van der Waals surface area (Å²) in [6.45, 7) is 11.1. The molecular weight excluding hydrogens is 258 g/mol. The summed E-state index contributed by atoms with van der Waals surface area (Å²) in [4.78, 5) is 5.30. The molecule has 0 aromatic heterocycles. The number of nitrogens with two attached hydrogens (primary N) is 1. The first-order chi connectivity index (χ1) is 10.4. The summed E-state index contributed by atoms with van der Waals surface area (Å²) in [6, 6.07) is 0. The molecule has 0 spiro atoms. The summed E-state index contributed by atoms with van der Waals surface area (Å²) < 4.78 is 0. The van der Waals surface area contributed by atoms with Gasteiger partial charge in [0.1, 0.15) is 0 Å². The number of unbranched alkanes of at least 4 members (excludes halogenated alkanes) is 3. The molecule has 2 saturated heterocycles. The van der Waals surface area contributed by atoms with Crippen LogP contribution in [0.3, 0.4) is 0 Å². The highest BCUT2D eigenvalue weighted by Gasteiger charge is 2.13. The third-order valence-electron chi connectivity index (χ3n) is 4.69. The second kappa shape index (κ2) is 13.5. The van der Waals surface area contributed by atoms with Crippen molar-refractivity contribution in [1.29, 1.82) is 0 Å². The van der Waals surface area contributed by atoms with Crippen LogP contribution >= 0.6 is 0 Å². The fraction of sp³-hybridized carbons (Fsp3) is 1.00. The lowest BCUT2D eigenvalue weighted by Crippen LogP contribution is -2.39. The van der Waals surface area contributed by atoms with Crippen LogP contribution in [0.1, 0.15) is 71.1 Å². The van der Waals surface area contributed by atoms with E-state index in [0.717, 1.165) is 6.54 Å². The summed E-state index contributed by atoms with van der Waals surface area (Å²) >= 11 is 0. The van der Waals surface area contributed by atoms with E-state index in [-0.39, 0.29) is 0 Å². The Kier molecular flexibility index (Phi) is 12.2. The molecule has 3 nitrogen and oxygen atoms in total. The Morgan fingerprint density at radius 3 is 1.52 bits per heavy atom.